The number of imidazole rings is 1. The highest BCUT2D eigenvalue weighted by atomic mass is 15.3. The number of hydrazine groups is 1. The van der Waals surface area contributed by atoms with Gasteiger partial charge >= 0.3 is 0 Å². The lowest BCUT2D eigenvalue weighted by molar-refractivity contribution is 0.479. The van der Waals surface area contributed by atoms with Crippen molar-refractivity contribution in [3.05, 3.63) is 18.2 Å². The normalized spacial score (nSPS) is 13.2. The summed E-state index contributed by atoms with van der Waals surface area (Å²) in [6.07, 6.45) is 5.89. The fourth-order valence-electron chi connectivity index (χ4n) is 1.44. The Bertz CT molecular complexity index is 240. The van der Waals surface area contributed by atoms with Crippen molar-refractivity contribution in [1.82, 2.24) is 15.0 Å². The highest BCUT2D eigenvalue weighted by Gasteiger charge is 2.12. The summed E-state index contributed by atoms with van der Waals surface area (Å²) in [6, 6.07) is 0.168. The summed E-state index contributed by atoms with van der Waals surface area (Å²) in [6.45, 7) is 5.25. The molecule has 0 bridgehead atoms. The summed E-state index contributed by atoms with van der Waals surface area (Å²) in [5.74, 6) is 6.47. The Morgan fingerprint density at radius 2 is 2.38 bits per heavy atom. The zero-order chi connectivity index (χ0) is 9.68. The van der Waals surface area contributed by atoms with E-state index >= 15 is 0 Å². The van der Waals surface area contributed by atoms with E-state index < -0.39 is 0 Å². The molecule has 0 aliphatic heterocycles. The maximum Gasteiger partial charge on any atom is 0.127 e. The fourth-order valence-corrected chi connectivity index (χ4v) is 1.44. The van der Waals surface area contributed by atoms with Crippen LogP contribution in [0.25, 0.3) is 0 Å². The summed E-state index contributed by atoms with van der Waals surface area (Å²) in [5.41, 5.74) is 2.77. The van der Waals surface area contributed by atoms with Gasteiger partial charge in [-0.2, -0.15) is 0 Å². The fraction of sp³-hybridized carbons (Fsp3) is 0.667. The SMILES string of the molecule is CCCn1ccnc1C(CC)NN. The lowest BCUT2D eigenvalue weighted by Gasteiger charge is -2.14. The van der Waals surface area contributed by atoms with Crippen LogP contribution in [0.5, 0.6) is 0 Å². The maximum absolute atomic E-state index is 5.44. The van der Waals surface area contributed by atoms with Gasteiger partial charge in [0.25, 0.3) is 0 Å². The largest absolute Gasteiger partial charge is 0.334 e. The molecular formula is C9H18N4. The molecule has 0 aliphatic rings. The molecule has 3 N–H and O–H groups in total. The predicted molar refractivity (Wildman–Crippen MR) is 52.9 cm³/mol. The molecule has 0 saturated heterocycles. The Kier molecular flexibility index (Phi) is 3.92. The van der Waals surface area contributed by atoms with E-state index in [-0.39, 0.29) is 6.04 Å². The molecule has 0 radical (unpaired) electrons. The Morgan fingerprint density at radius 3 is 2.92 bits per heavy atom. The molecule has 0 fully saturated rings. The number of aryl methyl sites for hydroxylation is 1. The van der Waals surface area contributed by atoms with Crippen molar-refractivity contribution in [2.45, 2.75) is 39.3 Å². The van der Waals surface area contributed by atoms with Crippen LogP contribution in [-0.2, 0) is 6.54 Å². The molecule has 4 heteroatoms. The van der Waals surface area contributed by atoms with Gasteiger partial charge in [-0.25, -0.2) is 10.4 Å². The zero-order valence-corrected chi connectivity index (χ0v) is 8.33. The van der Waals surface area contributed by atoms with Crippen molar-refractivity contribution in [3.8, 4) is 0 Å². The highest BCUT2D eigenvalue weighted by Crippen LogP contribution is 2.13. The first-order valence-corrected chi connectivity index (χ1v) is 4.80. The van der Waals surface area contributed by atoms with E-state index in [0.29, 0.717) is 0 Å². The van der Waals surface area contributed by atoms with Crippen LogP contribution >= 0.6 is 0 Å². The second-order valence-electron chi connectivity index (χ2n) is 3.11. The first-order chi connectivity index (χ1) is 6.33. The second kappa shape index (κ2) is 4.99. The van der Waals surface area contributed by atoms with Gasteiger partial charge in [-0.1, -0.05) is 13.8 Å². The molecule has 0 saturated carbocycles. The van der Waals surface area contributed by atoms with Gasteiger partial charge in [0.1, 0.15) is 5.82 Å². The highest BCUT2D eigenvalue weighted by molar-refractivity contribution is 4.98. The van der Waals surface area contributed by atoms with Crippen LogP contribution in [0, 0.1) is 0 Å². The van der Waals surface area contributed by atoms with Gasteiger partial charge in [-0.05, 0) is 12.8 Å². The molecule has 0 aliphatic carbocycles. The molecule has 1 aromatic heterocycles. The molecule has 1 rings (SSSR count). The summed E-state index contributed by atoms with van der Waals surface area (Å²) in [5, 5.41) is 0. The topological polar surface area (TPSA) is 55.9 Å². The minimum absolute atomic E-state index is 0.168. The number of aromatic nitrogens is 2. The van der Waals surface area contributed by atoms with Gasteiger partial charge in [-0.3, -0.25) is 5.84 Å². The third kappa shape index (κ3) is 2.29. The molecular weight excluding hydrogens is 164 g/mol. The molecule has 1 heterocycles. The molecule has 4 nitrogen and oxygen atoms in total. The van der Waals surface area contributed by atoms with Crippen LogP contribution in [0.4, 0.5) is 0 Å². The van der Waals surface area contributed by atoms with Gasteiger partial charge < -0.3 is 4.57 Å². The number of hydrogen-bond donors (Lipinski definition) is 2. The molecule has 1 atom stereocenters. The minimum Gasteiger partial charge on any atom is -0.334 e. The third-order valence-electron chi connectivity index (χ3n) is 2.13. The number of nitrogens with one attached hydrogen (secondary N) is 1. The Morgan fingerprint density at radius 1 is 1.62 bits per heavy atom. The van der Waals surface area contributed by atoms with Gasteiger partial charge in [0.15, 0.2) is 0 Å². The standard InChI is InChI=1S/C9H18N4/c1-3-6-13-7-5-11-9(13)8(4-2)12-10/h5,7-8,12H,3-4,6,10H2,1-2H3. The smallest absolute Gasteiger partial charge is 0.127 e. The molecule has 74 valence electrons. The Labute approximate surface area is 79.1 Å². The summed E-state index contributed by atoms with van der Waals surface area (Å²) in [4.78, 5) is 4.30. The van der Waals surface area contributed by atoms with Crippen LogP contribution in [0.15, 0.2) is 12.4 Å². The summed E-state index contributed by atoms with van der Waals surface area (Å²) in [7, 11) is 0. The van der Waals surface area contributed by atoms with E-state index in [2.05, 4.69) is 28.8 Å². The first kappa shape index (κ1) is 10.2. The zero-order valence-electron chi connectivity index (χ0n) is 8.33. The monoisotopic (exact) mass is 182 g/mol. The van der Waals surface area contributed by atoms with E-state index in [1.54, 1.807) is 0 Å². The summed E-state index contributed by atoms with van der Waals surface area (Å²) >= 11 is 0. The average Bonchev–Trinajstić information content (AvgIpc) is 2.57. The van der Waals surface area contributed by atoms with Gasteiger partial charge in [0.2, 0.25) is 0 Å². The molecule has 13 heavy (non-hydrogen) atoms. The lowest BCUT2D eigenvalue weighted by atomic mass is 10.2. The number of rotatable bonds is 5. The molecule has 0 spiro atoms. The lowest BCUT2D eigenvalue weighted by Crippen LogP contribution is -2.29. The Hall–Kier alpha value is -0.870. The number of nitrogens with zero attached hydrogens (tertiary/aromatic N) is 2. The predicted octanol–water partition coefficient (Wildman–Crippen LogP) is 1.21. The maximum atomic E-state index is 5.44. The minimum atomic E-state index is 0.168. The third-order valence-corrected chi connectivity index (χ3v) is 2.13. The van der Waals surface area contributed by atoms with Crippen molar-refractivity contribution < 1.29 is 0 Å². The molecule has 0 amide bonds. The van der Waals surface area contributed by atoms with Crippen LogP contribution in [0.2, 0.25) is 0 Å². The summed E-state index contributed by atoms with van der Waals surface area (Å²) < 4.78 is 2.15. The van der Waals surface area contributed by atoms with E-state index in [9.17, 15) is 0 Å². The number of nitrogens with two attached hydrogens (primary N) is 1. The van der Waals surface area contributed by atoms with Crippen LogP contribution in [0.3, 0.4) is 0 Å². The van der Waals surface area contributed by atoms with Crippen molar-refractivity contribution >= 4 is 0 Å². The second-order valence-corrected chi connectivity index (χ2v) is 3.11. The number of hydrogen-bond acceptors (Lipinski definition) is 3. The molecule has 1 aromatic rings. The Balaban J connectivity index is 2.78. The van der Waals surface area contributed by atoms with Crippen molar-refractivity contribution in [3.63, 3.8) is 0 Å². The van der Waals surface area contributed by atoms with E-state index in [4.69, 9.17) is 5.84 Å². The van der Waals surface area contributed by atoms with E-state index in [0.717, 1.165) is 25.2 Å². The van der Waals surface area contributed by atoms with Crippen LogP contribution in [-0.4, -0.2) is 9.55 Å². The molecule has 1 unspecified atom stereocenters. The molecule has 0 aromatic carbocycles. The van der Waals surface area contributed by atoms with E-state index in [1.807, 2.05) is 12.4 Å². The van der Waals surface area contributed by atoms with Crippen molar-refractivity contribution in [1.29, 1.82) is 0 Å². The van der Waals surface area contributed by atoms with Gasteiger partial charge in [0.05, 0.1) is 6.04 Å². The van der Waals surface area contributed by atoms with Crippen LogP contribution in [0.1, 0.15) is 38.6 Å². The van der Waals surface area contributed by atoms with Crippen molar-refractivity contribution in [2.75, 3.05) is 0 Å². The van der Waals surface area contributed by atoms with Crippen molar-refractivity contribution in [2.24, 2.45) is 5.84 Å². The van der Waals surface area contributed by atoms with Gasteiger partial charge in [0, 0.05) is 18.9 Å². The van der Waals surface area contributed by atoms with Gasteiger partial charge in [-0.15, -0.1) is 0 Å². The van der Waals surface area contributed by atoms with Crippen LogP contribution < -0.4 is 11.3 Å². The van der Waals surface area contributed by atoms with E-state index in [1.165, 1.54) is 0 Å². The quantitative estimate of drug-likeness (QED) is 0.531. The average molecular weight is 182 g/mol. The first-order valence-electron chi connectivity index (χ1n) is 4.80.